The fourth-order valence-corrected chi connectivity index (χ4v) is 1.82. The van der Waals surface area contributed by atoms with Crippen molar-refractivity contribution >= 4 is 0 Å². The molecule has 0 saturated carbocycles. The second-order valence-corrected chi connectivity index (χ2v) is 3.84. The summed E-state index contributed by atoms with van der Waals surface area (Å²) in [7, 11) is 0. The molecule has 84 valence electrons. The second kappa shape index (κ2) is 5.82. The van der Waals surface area contributed by atoms with Gasteiger partial charge in [0.05, 0.1) is 0 Å². The molecular weight excluding hydrogens is 194 g/mol. The maximum absolute atomic E-state index is 5.46. The van der Waals surface area contributed by atoms with Crippen LogP contribution in [-0.2, 0) is 11.3 Å². The molecule has 1 aliphatic heterocycles. The number of hydrogen-bond acceptors (Lipinski definition) is 5. The Labute approximate surface area is 89.2 Å². The van der Waals surface area contributed by atoms with Crippen LogP contribution in [0.5, 0.6) is 0 Å². The molecule has 5 nitrogen and oxygen atoms in total. The van der Waals surface area contributed by atoms with Crippen LogP contribution in [0.15, 0.2) is 10.9 Å². The highest BCUT2D eigenvalue weighted by Crippen LogP contribution is 2.10. The van der Waals surface area contributed by atoms with E-state index in [0.29, 0.717) is 18.5 Å². The van der Waals surface area contributed by atoms with Gasteiger partial charge in [-0.3, -0.25) is 0 Å². The lowest BCUT2D eigenvalue weighted by Crippen LogP contribution is -2.34. The first-order valence-electron chi connectivity index (χ1n) is 5.51. The van der Waals surface area contributed by atoms with Crippen LogP contribution >= 0.6 is 0 Å². The highest BCUT2D eigenvalue weighted by Gasteiger charge is 2.11. The molecule has 0 radical (unpaired) electrons. The smallest absolute Gasteiger partial charge is 0.213 e. The number of ether oxygens (including phenoxy) is 1. The summed E-state index contributed by atoms with van der Waals surface area (Å²) in [6.07, 6.45) is 6.30. The van der Waals surface area contributed by atoms with Crippen molar-refractivity contribution in [3.63, 3.8) is 0 Å². The molecule has 15 heavy (non-hydrogen) atoms. The van der Waals surface area contributed by atoms with Crippen LogP contribution < -0.4 is 5.32 Å². The Kier molecular flexibility index (Phi) is 4.11. The zero-order valence-corrected chi connectivity index (χ0v) is 8.82. The van der Waals surface area contributed by atoms with Gasteiger partial charge in [-0.05, 0) is 25.8 Å². The summed E-state index contributed by atoms with van der Waals surface area (Å²) in [5, 5.41) is 7.16. The Morgan fingerprint density at radius 1 is 1.53 bits per heavy atom. The number of hydrogen-bond donors (Lipinski definition) is 1. The minimum Gasteiger partial charge on any atom is -0.373 e. The van der Waals surface area contributed by atoms with Gasteiger partial charge in [-0.1, -0.05) is 11.6 Å². The van der Waals surface area contributed by atoms with Gasteiger partial charge in [-0.25, -0.2) is 0 Å². The van der Waals surface area contributed by atoms with Crippen LogP contribution in [0.2, 0.25) is 0 Å². The maximum Gasteiger partial charge on any atom is 0.213 e. The van der Waals surface area contributed by atoms with Crippen molar-refractivity contribution < 1.29 is 9.26 Å². The molecule has 0 aliphatic carbocycles. The lowest BCUT2D eigenvalue weighted by Gasteiger charge is -2.22. The van der Waals surface area contributed by atoms with Crippen LogP contribution in [0.1, 0.15) is 31.5 Å². The molecule has 1 atom stereocenters. The van der Waals surface area contributed by atoms with E-state index in [2.05, 4.69) is 20.0 Å². The van der Waals surface area contributed by atoms with E-state index in [0.717, 1.165) is 19.6 Å². The molecule has 1 aromatic rings. The largest absolute Gasteiger partial charge is 0.373 e. The summed E-state index contributed by atoms with van der Waals surface area (Å²) in [4.78, 5) is 3.88. The second-order valence-electron chi connectivity index (χ2n) is 3.84. The van der Waals surface area contributed by atoms with Gasteiger partial charge in [0.15, 0.2) is 5.82 Å². The number of nitrogens with zero attached hydrogens (tertiary/aromatic N) is 2. The first kappa shape index (κ1) is 10.6. The third-order valence-corrected chi connectivity index (χ3v) is 2.66. The fourth-order valence-electron chi connectivity index (χ4n) is 1.82. The molecule has 0 bridgehead atoms. The van der Waals surface area contributed by atoms with E-state index in [1.54, 1.807) is 0 Å². The number of rotatable bonds is 5. The lowest BCUT2D eigenvalue weighted by atomic mass is 10.0. The Morgan fingerprint density at radius 3 is 3.27 bits per heavy atom. The molecule has 1 aliphatic rings. The summed E-state index contributed by atoms with van der Waals surface area (Å²) in [6.45, 7) is 2.35. The summed E-state index contributed by atoms with van der Waals surface area (Å²) < 4.78 is 10.1. The zero-order chi connectivity index (χ0) is 10.3. The standard InChI is InChI=1S/C10H17N3O2/c1-2-5-11-9(3-1)4-6-14-7-10-12-8-15-13-10/h8-9,11H,1-7H2. The molecule has 5 heteroatoms. The average Bonchev–Trinajstić information content (AvgIpc) is 2.79. The zero-order valence-electron chi connectivity index (χ0n) is 8.82. The molecule has 0 amide bonds. The van der Waals surface area contributed by atoms with Gasteiger partial charge in [0.2, 0.25) is 6.39 Å². The number of piperidine rings is 1. The van der Waals surface area contributed by atoms with Crippen molar-refractivity contribution in [3.8, 4) is 0 Å². The first-order valence-corrected chi connectivity index (χ1v) is 5.51. The summed E-state index contributed by atoms with van der Waals surface area (Å²) >= 11 is 0. The van der Waals surface area contributed by atoms with E-state index >= 15 is 0 Å². The minimum atomic E-state index is 0.448. The van der Waals surface area contributed by atoms with Gasteiger partial charge >= 0.3 is 0 Å². The van der Waals surface area contributed by atoms with Gasteiger partial charge in [-0.15, -0.1) is 0 Å². The third-order valence-electron chi connectivity index (χ3n) is 2.66. The Balaban J connectivity index is 1.54. The van der Waals surface area contributed by atoms with Crippen molar-refractivity contribution in [2.45, 2.75) is 38.3 Å². The molecule has 0 aromatic carbocycles. The summed E-state index contributed by atoms with van der Waals surface area (Å²) in [6, 6.07) is 0.629. The van der Waals surface area contributed by atoms with Gasteiger partial charge < -0.3 is 14.6 Å². The van der Waals surface area contributed by atoms with Gasteiger partial charge in [0.25, 0.3) is 0 Å². The lowest BCUT2D eigenvalue weighted by molar-refractivity contribution is 0.102. The molecular formula is C10H17N3O2. The van der Waals surface area contributed by atoms with Crippen molar-refractivity contribution in [2.75, 3.05) is 13.2 Å². The fraction of sp³-hybridized carbons (Fsp3) is 0.800. The molecule has 2 heterocycles. The molecule has 1 N–H and O–H groups in total. The molecule has 1 fully saturated rings. The van der Waals surface area contributed by atoms with Gasteiger partial charge in [0.1, 0.15) is 6.61 Å². The highest BCUT2D eigenvalue weighted by atomic mass is 16.5. The summed E-state index contributed by atoms with van der Waals surface area (Å²) in [5.74, 6) is 0.617. The van der Waals surface area contributed by atoms with E-state index in [1.165, 1.54) is 25.7 Å². The number of nitrogens with one attached hydrogen (secondary N) is 1. The quantitative estimate of drug-likeness (QED) is 0.739. The Morgan fingerprint density at radius 2 is 2.53 bits per heavy atom. The monoisotopic (exact) mass is 211 g/mol. The number of aromatic nitrogens is 2. The summed E-state index contributed by atoms with van der Waals surface area (Å²) in [5.41, 5.74) is 0. The van der Waals surface area contributed by atoms with Crippen LogP contribution in [0.4, 0.5) is 0 Å². The van der Waals surface area contributed by atoms with E-state index in [-0.39, 0.29) is 0 Å². The normalized spacial score (nSPS) is 21.7. The van der Waals surface area contributed by atoms with Crippen molar-refractivity contribution in [3.05, 3.63) is 12.2 Å². The molecule has 1 saturated heterocycles. The minimum absolute atomic E-state index is 0.448. The Hall–Kier alpha value is -0.940. The van der Waals surface area contributed by atoms with Gasteiger partial charge in [0, 0.05) is 12.6 Å². The molecule has 0 spiro atoms. The maximum atomic E-state index is 5.46. The van der Waals surface area contributed by atoms with Crippen molar-refractivity contribution in [2.24, 2.45) is 0 Å². The van der Waals surface area contributed by atoms with E-state index < -0.39 is 0 Å². The molecule has 1 aromatic heterocycles. The predicted molar refractivity (Wildman–Crippen MR) is 54.2 cm³/mol. The van der Waals surface area contributed by atoms with Crippen LogP contribution in [-0.4, -0.2) is 29.3 Å². The average molecular weight is 211 g/mol. The topological polar surface area (TPSA) is 60.2 Å². The first-order chi connectivity index (χ1) is 7.45. The van der Waals surface area contributed by atoms with E-state index in [4.69, 9.17) is 4.74 Å². The van der Waals surface area contributed by atoms with Gasteiger partial charge in [-0.2, -0.15) is 4.98 Å². The predicted octanol–water partition coefficient (Wildman–Crippen LogP) is 1.12. The van der Waals surface area contributed by atoms with E-state index in [1.807, 2.05) is 0 Å². The SMILES string of the molecule is c1nc(COCCC2CCCCN2)no1. The Bertz CT molecular complexity index is 258. The van der Waals surface area contributed by atoms with Crippen molar-refractivity contribution in [1.82, 2.24) is 15.5 Å². The van der Waals surface area contributed by atoms with Crippen molar-refractivity contribution in [1.29, 1.82) is 0 Å². The highest BCUT2D eigenvalue weighted by molar-refractivity contribution is 4.74. The van der Waals surface area contributed by atoms with Crippen LogP contribution in [0.3, 0.4) is 0 Å². The van der Waals surface area contributed by atoms with Crippen LogP contribution in [0.25, 0.3) is 0 Å². The van der Waals surface area contributed by atoms with E-state index in [9.17, 15) is 0 Å². The molecule has 1 unspecified atom stereocenters. The molecule has 2 rings (SSSR count). The van der Waals surface area contributed by atoms with Crippen LogP contribution in [0, 0.1) is 0 Å². The third kappa shape index (κ3) is 3.60.